The van der Waals surface area contributed by atoms with Crippen LogP contribution in [-0.2, 0) is 13.0 Å². The van der Waals surface area contributed by atoms with E-state index in [0.29, 0.717) is 35.5 Å². The van der Waals surface area contributed by atoms with Gasteiger partial charge in [0.25, 0.3) is 0 Å². The van der Waals surface area contributed by atoms with E-state index in [9.17, 15) is 0 Å². The van der Waals surface area contributed by atoms with Crippen molar-refractivity contribution in [1.82, 2.24) is 14.8 Å². The van der Waals surface area contributed by atoms with Crippen LogP contribution in [0.3, 0.4) is 0 Å². The molecule has 0 saturated heterocycles. The number of hydrogen-bond donors (Lipinski definition) is 1. The van der Waals surface area contributed by atoms with Crippen molar-refractivity contribution in [3.63, 3.8) is 0 Å². The van der Waals surface area contributed by atoms with E-state index in [1.807, 2.05) is 61.5 Å². The van der Waals surface area contributed by atoms with E-state index in [0.717, 1.165) is 10.2 Å². The fourth-order valence-corrected chi connectivity index (χ4v) is 2.72. The first-order valence-corrected chi connectivity index (χ1v) is 9.06. The Labute approximate surface area is 160 Å². The fourth-order valence-electron chi connectivity index (χ4n) is 2.21. The number of nitrogens with zero attached hydrogens (tertiary/aromatic N) is 3. The average molecular weight is 417 g/mol. The molecule has 128 valence electrons. The highest BCUT2D eigenvalue weighted by Gasteiger charge is 2.13. The van der Waals surface area contributed by atoms with Crippen LogP contribution < -0.4 is 10.1 Å². The van der Waals surface area contributed by atoms with Crippen molar-refractivity contribution < 1.29 is 4.74 Å². The van der Waals surface area contributed by atoms with Crippen LogP contribution >= 0.6 is 28.1 Å². The second-order valence-electron chi connectivity index (χ2n) is 5.27. The molecule has 0 atom stereocenters. The molecule has 0 unspecified atom stereocenters. The molecule has 0 aliphatic carbocycles. The van der Waals surface area contributed by atoms with Crippen molar-refractivity contribution in [3.8, 4) is 11.8 Å². The minimum atomic E-state index is 0.452. The van der Waals surface area contributed by atoms with Gasteiger partial charge in [0.2, 0.25) is 0 Å². The summed E-state index contributed by atoms with van der Waals surface area (Å²) in [7, 11) is 0. The van der Waals surface area contributed by atoms with Crippen LogP contribution in [0.4, 0.5) is 5.69 Å². The number of nitrogens with one attached hydrogen (secondary N) is 1. The van der Waals surface area contributed by atoms with E-state index < -0.39 is 0 Å². The number of ether oxygens (including phenoxy) is 1. The van der Waals surface area contributed by atoms with E-state index in [1.165, 1.54) is 0 Å². The molecular weight excluding hydrogens is 400 g/mol. The predicted molar refractivity (Wildman–Crippen MR) is 106 cm³/mol. The quantitative estimate of drug-likeness (QED) is 0.582. The van der Waals surface area contributed by atoms with Gasteiger partial charge in [-0.25, -0.2) is 4.68 Å². The van der Waals surface area contributed by atoms with Crippen molar-refractivity contribution in [2.24, 2.45) is 0 Å². The third-order valence-corrected chi connectivity index (χ3v) is 4.16. The van der Waals surface area contributed by atoms with Crippen molar-refractivity contribution in [3.05, 3.63) is 64.9 Å². The first kappa shape index (κ1) is 17.6. The SMILES string of the molecule is CCn1nc(CC(=S)Nc2ccccc2)nc1Oc1ccc(Br)cc1. The van der Waals surface area contributed by atoms with Gasteiger partial charge in [0.05, 0.1) is 11.4 Å². The molecule has 0 aliphatic heterocycles. The molecular formula is C18H17BrN4OS. The lowest BCUT2D eigenvalue weighted by Crippen LogP contribution is -2.13. The molecule has 2 aromatic carbocycles. The lowest BCUT2D eigenvalue weighted by Gasteiger charge is -2.05. The second kappa shape index (κ2) is 8.22. The Kier molecular flexibility index (Phi) is 5.78. The Balaban J connectivity index is 1.69. The molecule has 1 aromatic heterocycles. The topological polar surface area (TPSA) is 52.0 Å². The highest BCUT2D eigenvalue weighted by Crippen LogP contribution is 2.22. The van der Waals surface area contributed by atoms with Crippen molar-refractivity contribution in [1.29, 1.82) is 0 Å². The van der Waals surface area contributed by atoms with Crippen molar-refractivity contribution >= 4 is 38.8 Å². The van der Waals surface area contributed by atoms with Crippen molar-refractivity contribution in [2.75, 3.05) is 5.32 Å². The molecule has 0 amide bonds. The highest BCUT2D eigenvalue weighted by atomic mass is 79.9. The summed E-state index contributed by atoms with van der Waals surface area (Å²) in [6.45, 7) is 2.66. The Morgan fingerprint density at radius 1 is 1.16 bits per heavy atom. The molecule has 0 bridgehead atoms. The van der Waals surface area contributed by atoms with Gasteiger partial charge in [-0.1, -0.05) is 46.3 Å². The zero-order valence-corrected chi connectivity index (χ0v) is 16.0. The number of benzene rings is 2. The van der Waals surface area contributed by atoms with Gasteiger partial charge >= 0.3 is 6.01 Å². The summed E-state index contributed by atoms with van der Waals surface area (Å²) in [4.78, 5) is 5.13. The summed E-state index contributed by atoms with van der Waals surface area (Å²) in [6.07, 6.45) is 0.452. The Hall–Kier alpha value is -2.25. The van der Waals surface area contributed by atoms with Crippen molar-refractivity contribution in [2.45, 2.75) is 19.9 Å². The van der Waals surface area contributed by atoms with Gasteiger partial charge in [0, 0.05) is 16.7 Å². The van der Waals surface area contributed by atoms with E-state index >= 15 is 0 Å². The van der Waals surface area contributed by atoms with Crippen LogP contribution in [0.5, 0.6) is 11.8 Å². The number of hydrogen-bond acceptors (Lipinski definition) is 4. The maximum atomic E-state index is 5.84. The standard InChI is InChI=1S/C18H17BrN4OS/c1-2-23-18(24-15-10-8-13(19)9-11-15)21-16(22-23)12-17(25)20-14-6-4-3-5-7-14/h3-11H,2,12H2,1H3,(H,20,25). The first-order valence-electron chi connectivity index (χ1n) is 7.86. The summed E-state index contributed by atoms with van der Waals surface area (Å²) in [5.74, 6) is 1.34. The summed E-state index contributed by atoms with van der Waals surface area (Å²) in [6, 6.07) is 17.9. The molecule has 1 N–H and O–H groups in total. The van der Waals surface area contributed by atoms with E-state index in [1.54, 1.807) is 4.68 Å². The summed E-state index contributed by atoms with van der Waals surface area (Å²) in [5, 5.41) is 7.66. The van der Waals surface area contributed by atoms with Gasteiger partial charge in [0.15, 0.2) is 5.82 Å². The minimum Gasteiger partial charge on any atom is -0.424 e. The molecule has 0 radical (unpaired) electrons. The summed E-state index contributed by atoms with van der Waals surface area (Å²) in [5.41, 5.74) is 0.953. The molecule has 3 rings (SSSR count). The zero-order chi connectivity index (χ0) is 17.6. The average Bonchev–Trinajstić information content (AvgIpc) is 2.99. The smallest absolute Gasteiger partial charge is 0.320 e. The number of halogens is 1. The monoisotopic (exact) mass is 416 g/mol. The zero-order valence-electron chi connectivity index (χ0n) is 13.6. The molecule has 1 heterocycles. The van der Waals surface area contributed by atoms with E-state index in [2.05, 4.69) is 31.3 Å². The maximum Gasteiger partial charge on any atom is 0.320 e. The van der Waals surface area contributed by atoms with Gasteiger partial charge in [-0.15, -0.1) is 0 Å². The third kappa shape index (κ3) is 4.87. The Bertz CT molecular complexity index is 849. The summed E-state index contributed by atoms with van der Waals surface area (Å²) < 4.78 is 8.56. The van der Waals surface area contributed by atoms with Crippen LogP contribution in [0.15, 0.2) is 59.1 Å². The number of rotatable bonds is 6. The molecule has 3 aromatic rings. The predicted octanol–water partition coefficient (Wildman–Crippen LogP) is 4.83. The number of anilines is 1. The van der Waals surface area contributed by atoms with Gasteiger partial charge < -0.3 is 10.1 Å². The van der Waals surface area contributed by atoms with Gasteiger partial charge in [-0.3, -0.25) is 0 Å². The summed E-state index contributed by atoms with van der Waals surface area (Å²) >= 11 is 8.81. The number of thiocarbonyl (C=S) groups is 1. The first-order chi connectivity index (χ1) is 12.1. The van der Waals surface area contributed by atoms with E-state index in [-0.39, 0.29) is 0 Å². The molecule has 0 aliphatic rings. The molecule has 0 fully saturated rings. The van der Waals surface area contributed by atoms with Crippen LogP contribution in [0.1, 0.15) is 12.7 Å². The maximum absolute atomic E-state index is 5.84. The van der Waals surface area contributed by atoms with E-state index in [4.69, 9.17) is 17.0 Å². The molecule has 5 nitrogen and oxygen atoms in total. The normalized spacial score (nSPS) is 10.5. The lowest BCUT2D eigenvalue weighted by atomic mass is 10.3. The van der Waals surface area contributed by atoms with Crippen LogP contribution in [0, 0.1) is 0 Å². The lowest BCUT2D eigenvalue weighted by molar-refractivity contribution is 0.402. The van der Waals surface area contributed by atoms with Gasteiger partial charge in [0.1, 0.15) is 5.75 Å². The van der Waals surface area contributed by atoms with Gasteiger partial charge in [-0.05, 0) is 43.3 Å². The number of para-hydroxylation sites is 1. The Morgan fingerprint density at radius 3 is 2.56 bits per heavy atom. The minimum absolute atomic E-state index is 0.452. The largest absolute Gasteiger partial charge is 0.424 e. The molecule has 25 heavy (non-hydrogen) atoms. The molecule has 0 spiro atoms. The highest BCUT2D eigenvalue weighted by molar-refractivity contribution is 9.10. The fraction of sp³-hybridized carbons (Fsp3) is 0.167. The second-order valence-corrected chi connectivity index (χ2v) is 6.68. The molecule has 0 saturated carbocycles. The third-order valence-electron chi connectivity index (χ3n) is 3.38. The van der Waals surface area contributed by atoms with Crippen LogP contribution in [-0.4, -0.2) is 19.8 Å². The Morgan fingerprint density at radius 2 is 1.88 bits per heavy atom. The number of aryl methyl sites for hydroxylation is 1. The van der Waals surface area contributed by atoms with Gasteiger partial charge in [-0.2, -0.15) is 10.1 Å². The molecule has 7 heteroatoms. The number of aromatic nitrogens is 3. The van der Waals surface area contributed by atoms with Crippen LogP contribution in [0.25, 0.3) is 0 Å². The van der Waals surface area contributed by atoms with Crippen LogP contribution in [0.2, 0.25) is 0 Å².